The first kappa shape index (κ1) is 13.8. The highest BCUT2D eigenvalue weighted by Crippen LogP contribution is 2.14. The van der Waals surface area contributed by atoms with E-state index in [1.807, 2.05) is 0 Å². The van der Waals surface area contributed by atoms with E-state index in [2.05, 4.69) is 18.5 Å². The van der Waals surface area contributed by atoms with Crippen LogP contribution in [0.2, 0.25) is 0 Å². The van der Waals surface area contributed by atoms with Crippen molar-refractivity contribution in [2.24, 2.45) is 0 Å². The Hall–Kier alpha value is -2.23. The SMILES string of the molecule is C=C/C(=C\C(=C)C)C(=O)Nc1cc(F)cc(F)c1. The van der Waals surface area contributed by atoms with Crippen molar-refractivity contribution in [3.05, 3.63) is 66.3 Å². The fourth-order valence-corrected chi connectivity index (χ4v) is 1.31. The summed E-state index contributed by atoms with van der Waals surface area (Å²) in [6, 6.07) is 2.79. The Labute approximate surface area is 104 Å². The van der Waals surface area contributed by atoms with E-state index in [0.29, 0.717) is 5.57 Å². The number of halogens is 2. The molecule has 0 heterocycles. The molecule has 0 aromatic heterocycles. The van der Waals surface area contributed by atoms with Gasteiger partial charge < -0.3 is 5.32 Å². The van der Waals surface area contributed by atoms with Gasteiger partial charge in [0.15, 0.2) is 0 Å². The Morgan fingerprint density at radius 1 is 1.28 bits per heavy atom. The van der Waals surface area contributed by atoms with Crippen molar-refractivity contribution in [1.29, 1.82) is 0 Å². The number of carbonyl (C=O) groups excluding carboxylic acids is 1. The van der Waals surface area contributed by atoms with Gasteiger partial charge in [-0.05, 0) is 25.1 Å². The first-order valence-electron chi connectivity index (χ1n) is 5.19. The fourth-order valence-electron chi connectivity index (χ4n) is 1.31. The number of allylic oxidation sites excluding steroid dienone is 2. The van der Waals surface area contributed by atoms with Gasteiger partial charge in [-0.2, -0.15) is 0 Å². The van der Waals surface area contributed by atoms with Gasteiger partial charge in [0.2, 0.25) is 0 Å². The highest BCUT2D eigenvalue weighted by molar-refractivity contribution is 6.05. The van der Waals surface area contributed by atoms with E-state index in [-0.39, 0.29) is 11.3 Å². The number of amides is 1. The molecule has 4 heteroatoms. The number of rotatable bonds is 4. The highest BCUT2D eigenvalue weighted by Gasteiger charge is 2.08. The molecular weight excluding hydrogens is 236 g/mol. The minimum atomic E-state index is -0.755. The number of carbonyl (C=O) groups is 1. The molecule has 0 spiro atoms. The Bertz CT molecular complexity index is 512. The summed E-state index contributed by atoms with van der Waals surface area (Å²) in [5.41, 5.74) is 0.990. The van der Waals surface area contributed by atoms with E-state index < -0.39 is 17.5 Å². The van der Waals surface area contributed by atoms with Crippen LogP contribution in [-0.2, 0) is 4.79 Å². The molecule has 1 amide bonds. The second-order valence-electron chi connectivity index (χ2n) is 3.76. The molecule has 0 saturated carbocycles. The molecule has 0 saturated heterocycles. The molecular formula is C14H13F2NO. The highest BCUT2D eigenvalue weighted by atomic mass is 19.1. The smallest absolute Gasteiger partial charge is 0.255 e. The summed E-state index contributed by atoms with van der Waals surface area (Å²) >= 11 is 0. The second kappa shape index (κ2) is 5.91. The van der Waals surface area contributed by atoms with Gasteiger partial charge >= 0.3 is 0 Å². The van der Waals surface area contributed by atoms with Gasteiger partial charge in [0.25, 0.3) is 5.91 Å². The van der Waals surface area contributed by atoms with E-state index in [4.69, 9.17) is 0 Å². The summed E-state index contributed by atoms with van der Waals surface area (Å²) < 4.78 is 25.9. The molecule has 0 atom stereocenters. The van der Waals surface area contributed by atoms with Gasteiger partial charge in [-0.15, -0.1) is 0 Å². The molecule has 1 N–H and O–H groups in total. The van der Waals surface area contributed by atoms with Crippen LogP contribution in [0.5, 0.6) is 0 Å². The lowest BCUT2D eigenvalue weighted by Gasteiger charge is -2.06. The first-order chi connectivity index (χ1) is 8.42. The number of anilines is 1. The van der Waals surface area contributed by atoms with Crippen LogP contribution in [0, 0.1) is 11.6 Å². The summed E-state index contributed by atoms with van der Waals surface area (Å²) in [5, 5.41) is 2.38. The molecule has 1 rings (SSSR count). The fraction of sp³-hybridized carbons (Fsp3) is 0.0714. The van der Waals surface area contributed by atoms with E-state index in [1.165, 1.54) is 12.2 Å². The lowest BCUT2D eigenvalue weighted by molar-refractivity contribution is -0.112. The third kappa shape index (κ3) is 3.97. The average Bonchev–Trinajstić information content (AvgIpc) is 2.23. The van der Waals surface area contributed by atoms with Gasteiger partial charge in [0, 0.05) is 17.3 Å². The molecule has 0 aliphatic heterocycles. The van der Waals surface area contributed by atoms with Crippen LogP contribution in [0.4, 0.5) is 14.5 Å². The number of hydrogen-bond donors (Lipinski definition) is 1. The first-order valence-corrected chi connectivity index (χ1v) is 5.19. The summed E-state index contributed by atoms with van der Waals surface area (Å²) in [7, 11) is 0. The summed E-state index contributed by atoms with van der Waals surface area (Å²) in [4.78, 5) is 11.8. The molecule has 18 heavy (non-hydrogen) atoms. The molecule has 0 unspecified atom stereocenters. The minimum absolute atomic E-state index is 0.0481. The van der Waals surface area contributed by atoms with Gasteiger partial charge in [-0.1, -0.05) is 24.8 Å². The zero-order valence-corrected chi connectivity index (χ0v) is 9.97. The lowest BCUT2D eigenvalue weighted by atomic mass is 10.1. The normalized spacial score (nSPS) is 10.9. The molecule has 94 valence electrons. The number of nitrogens with one attached hydrogen (secondary N) is 1. The van der Waals surface area contributed by atoms with Gasteiger partial charge in [-0.25, -0.2) is 8.78 Å². The standard InChI is InChI=1S/C14H13F2NO/c1-4-10(5-9(2)3)14(18)17-13-7-11(15)6-12(16)8-13/h4-8H,1-2H2,3H3,(H,17,18)/b10-5+. The third-order valence-electron chi connectivity index (χ3n) is 2.00. The lowest BCUT2D eigenvalue weighted by Crippen LogP contribution is -2.13. The van der Waals surface area contributed by atoms with Crippen molar-refractivity contribution >= 4 is 11.6 Å². The molecule has 0 radical (unpaired) electrons. The Balaban J connectivity index is 2.93. The van der Waals surface area contributed by atoms with Crippen molar-refractivity contribution in [2.45, 2.75) is 6.92 Å². The van der Waals surface area contributed by atoms with E-state index in [0.717, 1.165) is 18.2 Å². The zero-order chi connectivity index (χ0) is 13.7. The second-order valence-corrected chi connectivity index (χ2v) is 3.76. The quantitative estimate of drug-likeness (QED) is 0.641. The Morgan fingerprint density at radius 2 is 1.83 bits per heavy atom. The van der Waals surface area contributed by atoms with Crippen LogP contribution in [-0.4, -0.2) is 5.91 Å². The number of benzene rings is 1. The van der Waals surface area contributed by atoms with E-state index >= 15 is 0 Å². The van der Waals surface area contributed by atoms with Crippen LogP contribution in [0.3, 0.4) is 0 Å². The molecule has 0 bridgehead atoms. The topological polar surface area (TPSA) is 29.1 Å². The summed E-state index contributed by atoms with van der Waals surface area (Å²) in [6.07, 6.45) is 2.87. The van der Waals surface area contributed by atoms with E-state index in [1.54, 1.807) is 6.92 Å². The molecule has 2 nitrogen and oxygen atoms in total. The maximum Gasteiger partial charge on any atom is 0.255 e. The average molecular weight is 249 g/mol. The van der Waals surface area contributed by atoms with Crippen molar-refractivity contribution in [2.75, 3.05) is 5.32 Å². The van der Waals surface area contributed by atoms with Crippen LogP contribution in [0.25, 0.3) is 0 Å². The van der Waals surface area contributed by atoms with Crippen molar-refractivity contribution in [3.8, 4) is 0 Å². The predicted molar refractivity (Wildman–Crippen MR) is 68.1 cm³/mol. The summed E-state index contributed by atoms with van der Waals surface area (Å²) in [6.45, 7) is 8.85. The van der Waals surface area contributed by atoms with Crippen molar-refractivity contribution in [1.82, 2.24) is 0 Å². The van der Waals surface area contributed by atoms with Crippen LogP contribution >= 0.6 is 0 Å². The molecule has 0 fully saturated rings. The minimum Gasteiger partial charge on any atom is -0.322 e. The van der Waals surface area contributed by atoms with Crippen LogP contribution in [0.1, 0.15) is 6.92 Å². The predicted octanol–water partition coefficient (Wildman–Crippen LogP) is 3.59. The molecule has 1 aromatic carbocycles. The number of hydrogen-bond acceptors (Lipinski definition) is 1. The van der Waals surface area contributed by atoms with Gasteiger partial charge in [0.1, 0.15) is 11.6 Å². The monoisotopic (exact) mass is 249 g/mol. The third-order valence-corrected chi connectivity index (χ3v) is 2.00. The van der Waals surface area contributed by atoms with E-state index in [9.17, 15) is 13.6 Å². The van der Waals surface area contributed by atoms with Crippen molar-refractivity contribution in [3.63, 3.8) is 0 Å². The largest absolute Gasteiger partial charge is 0.322 e. The maximum atomic E-state index is 12.9. The van der Waals surface area contributed by atoms with Crippen LogP contribution < -0.4 is 5.32 Å². The van der Waals surface area contributed by atoms with Gasteiger partial charge in [-0.3, -0.25) is 4.79 Å². The Morgan fingerprint density at radius 3 is 2.28 bits per heavy atom. The van der Waals surface area contributed by atoms with Crippen molar-refractivity contribution < 1.29 is 13.6 Å². The van der Waals surface area contributed by atoms with Gasteiger partial charge in [0.05, 0.1) is 0 Å². The molecule has 0 aliphatic carbocycles. The zero-order valence-electron chi connectivity index (χ0n) is 9.97. The maximum absolute atomic E-state index is 12.9. The molecule has 0 aliphatic rings. The Kier molecular flexibility index (Phi) is 4.54. The van der Waals surface area contributed by atoms with Crippen LogP contribution in [0.15, 0.2) is 54.7 Å². The molecule has 1 aromatic rings. The summed E-state index contributed by atoms with van der Waals surface area (Å²) in [5.74, 6) is -2.01.